The minimum absolute atomic E-state index is 0.0957. The number of nitrogens with two attached hydrogens (primary N) is 1. The van der Waals surface area contributed by atoms with E-state index in [1.54, 1.807) is 78.6 Å². The number of ether oxygens (including phenoxy) is 2. The SMILES string of the molecule is CCCCNC(=O)c1cccc(Cn2cc(COc3cccc(C(=O)NCC(C)(C)COCC(C)(C)CNC(=O)c4ccc(/C(C)=N/OCc5cccc(C(=O)NCCCCC(NC)C(N)=O)c5)cc4)c3)nn2)c1. The maximum Gasteiger partial charge on any atom is 0.251 e. The van der Waals surface area contributed by atoms with Gasteiger partial charge in [0.1, 0.15) is 24.7 Å². The Morgan fingerprint density at radius 3 is 1.85 bits per heavy atom. The summed E-state index contributed by atoms with van der Waals surface area (Å²) in [6.45, 7) is 15.4. The second kappa shape index (κ2) is 28.7. The van der Waals surface area contributed by atoms with E-state index in [-0.39, 0.29) is 59.6 Å². The van der Waals surface area contributed by atoms with Crippen LogP contribution in [0, 0.1) is 10.8 Å². The Labute approximate surface area is 434 Å². The molecule has 0 fully saturated rings. The Morgan fingerprint density at radius 2 is 1.23 bits per heavy atom. The second-order valence-electron chi connectivity index (χ2n) is 19.9. The highest BCUT2D eigenvalue weighted by molar-refractivity contribution is 6.00. The number of nitrogens with zero attached hydrogens (tertiary/aromatic N) is 4. The first-order valence-corrected chi connectivity index (χ1v) is 25.2. The van der Waals surface area contributed by atoms with Crippen molar-refractivity contribution in [2.24, 2.45) is 21.7 Å². The molecule has 0 saturated heterocycles. The molecule has 1 heterocycles. The second-order valence-corrected chi connectivity index (χ2v) is 19.9. The molecule has 0 aliphatic rings. The smallest absolute Gasteiger partial charge is 0.251 e. The van der Waals surface area contributed by atoms with Crippen LogP contribution in [0.2, 0.25) is 0 Å². The zero-order valence-corrected chi connectivity index (χ0v) is 43.9. The molecule has 18 heteroatoms. The molecule has 0 aliphatic carbocycles. The molecule has 1 aromatic heterocycles. The molecule has 0 bridgehead atoms. The number of carbonyl (C=O) groups excluding carboxylic acids is 5. The predicted octanol–water partition coefficient (Wildman–Crippen LogP) is 6.58. The van der Waals surface area contributed by atoms with Gasteiger partial charge in [0.2, 0.25) is 5.91 Å². The van der Waals surface area contributed by atoms with Crippen LogP contribution in [-0.2, 0) is 34.1 Å². The van der Waals surface area contributed by atoms with Crippen LogP contribution >= 0.6 is 0 Å². The average Bonchev–Trinajstić information content (AvgIpc) is 3.84. The monoisotopic (exact) mass is 1010 g/mol. The fourth-order valence-electron chi connectivity index (χ4n) is 7.52. The highest BCUT2D eigenvalue weighted by atomic mass is 16.6. The van der Waals surface area contributed by atoms with E-state index >= 15 is 0 Å². The van der Waals surface area contributed by atoms with Gasteiger partial charge in [-0.3, -0.25) is 24.0 Å². The lowest BCUT2D eigenvalue weighted by Gasteiger charge is -2.29. The molecule has 74 heavy (non-hydrogen) atoms. The molecule has 5 amide bonds. The molecule has 4 aromatic carbocycles. The molecule has 18 nitrogen and oxygen atoms in total. The summed E-state index contributed by atoms with van der Waals surface area (Å²) in [5.74, 6) is -0.618. The number of aromatic nitrogens is 3. The van der Waals surface area contributed by atoms with Crippen molar-refractivity contribution in [2.75, 3.05) is 46.4 Å². The van der Waals surface area contributed by atoms with E-state index in [9.17, 15) is 24.0 Å². The molecule has 5 aromatic rings. The topological polar surface area (TPSA) is 242 Å². The minimum atomic E-state index is -0.388. The third-order valence-corrected chi connectivity index (χ3v) is 11.9. The number of unbranched alkanes of at least 4 members (excludes halogenated alkanes) is 2. The number of carbonyl (C=O) groups is 5. The first-order chi connectivity index (χ1) is 35.4. The zero-order chi connectivity index (χ0) is 53.5. The Kier molecular flexibility index (Phi) is 22.3. The van der Waals surface area contributed by atoms with Crippen molar-refractivity contribution in [1.29, 1.82) is 0 Å². The predicted molar refractivity (Wildman–Crippen MR) is 285 cm³/mol. The summed E-state index contributed by atoms with van der Waals surface area (Å²) >= 11 is 0. The van der Waals surface area contributed by atoms with Crippen molar-refractivity contribution < 1.29 is 38.3 Å². The van der Waals surface area contributed by atoms with Crippen LogP contribution in [0.4, 0.5) is 0 Å². The Morgan fingerprint density at radius 1 is 0.676 bits per heavy atom. The lowest BCUT2D eigenvalue weighted by atomic mass is 9.92. The van der Waals surface area contributed by atoms with Crippen molar-refractivity contribution >= 4 is 35.2 Å². The fourth-order valence-corrected chi connectivity index (χ4v) is 7.52. The van der Waals surface area contributed by atoms with Gasteiger partial charge in [-0.1, -0.05) is 93.9 Å². The van der Waals surface area contributed by atoms with Crippen molar-refractivity contribution in [3.8, 4) is 5.75 Å². The number of likely N-dealkylation sites (N-methyl/N-ethyl adjacent to an activating group) is 1. The first-order valence-electron chi connectivity index (χ1n) is 25.2. The number of rotatable bonds is 31. The fraction of sp³-hybridized carbons (Fsp3) is 0.429. The highest BCUT2D eigenvalue weighted by Gasteiger charge is 2.25. The van der Waals surface area contributed by atoms with Gasteiger partial charge in [-0.2, -0.15) is 0 Å². The summed E-state index contributed by atoms with van der Waals surface area (Å²) < 4.78 is 13.8. The van der Waals surface area contributed by atoms with Crippen LogP contribution in [0.3, 0.4) is 0 Å². The number of primary amides is 1. The van der Waals surface area contributed by atoms with E-state index in [1.807, 2.05) is 71.0 Å². The summed E-state index contributed by atoms with van der Waals surface area (Å²) in [6, 6.07) is 28.3. The lowest BCUT2D eigenvalue weighted by Crippen LogP contribution is -2.39. The summed E-state index contributed by atoms with van der Waals surface area (Å²) in [7, 11) is 1.70. The van der Waals surface area contributed by atoms with Gasteiger partial charge in [0.05, 0.1) is 37.7 Å². The van der Waals surface area contributed by atoms with Gasteiger partial charge in [0.25, 0.3) is 23.6 Å². The van der Waals surface area contributed by atoms with Gasteiger partial charge < -0.3 is 46.6 Å². The van der Waals surface area contributed by atoms with Crippen LogP contribution < -0.4 is 37.1 Å². The average molecular weight is 1020 g/mol. The van der Waals surface area contributed by atoms with Gasteiger partial charge >= 0.3 is 0 Å². The number of amides is 5. The highest BCUT2D eigenvalue weighted by Crippen LogP contribution is 2.21. The Hall–Kier alpha value is -7.44. The third-order valence-electron chi connectivity index (χ3n) is 11.9. The summed E-state index contributed by atoms with van der Waals surface area (Å²) in [5.41, 5.74) is 10.4. The lowest BCUT2D eigenvalue weighted by molar-refractivity contribution is -0.120. The number of benzene rings is 4. The quantitative estimate of drug-likeness (QED) is 0.0157. The number of oxime groups is 1. The summed E-state index contributed by atoms with van der Waals surface area (Å²) in [6.07, 6.45) is 5.80. The van der Waals surface area contributed by atoms with Crippen molar-refractivity contribution in [3.63, 3.8) is 0 Å². The van der Waals surface area contributed by atoms with Gasteiger partial charge in [-0.25, -0.2) is 4.68 Å². The van der Waals surface area contributed by atoms with Gasteiger partial charge in [0, 0.05) is 59.3 Å². The molecule has 1 atom stereocenters. The molecule has 396 valence electrons. The third kappa shape index (κ3) is 19.5. The van der Waals surface area contributed by atoms with Gasteiger partial charge in [0.15, 0.2) is 0 Å². The van der Waals surface area contributed by atoms with Crippen LogP contribution in [0.25, 0.3) is 0 Å². The van der Waals surface area contributed by atoms with E-state index in [0.29, 0.717) is 91.8 Å². The van der Waals surface area contributed by atoms with Crippen LogP contribution in [0.1, 0.15) is 137 Å². The maximum atomic E-state index is 13.2. The van der Waals surface area contributed by atoms with Crippen molar-refractivity contribution in [2.45, 2.75) is 99.4 Å². The Bertz CT molecular complexity index is 2660. The van der Waals surface area contributed by atoms with E-state index in [1.165, 1.54) is 0 Å². The van der Waals surface area contributed by atoms with Gasteiger partial charge in [-0.05, 0) is 111 Å². The van der Waals surface area contributed by atoms with E-state index < -0.39 is 0 Å². The van der Waals surface area contributed by atoms with Gasteiger partial charge in [-0.15, -0.1) is 5.10 Å². The number of nitrogens with one attached hydrogen (secondary N) is 5. The Balaban J connectivity index is 0.977. The molecule has 7 N–H and O–H groups in total. The summed E-state index contributed by atoms with van der Waals surface area (Å²) in [4.78, 5) is 68.6. The standard InChI is InChI=1S/C56H74N10O8/c1-8-9-26-59-52(69)44-17-12-15-40(28-44)31-66-32-47(63-65-66)34-73-48-20-14-19-46(30-48)54(71)62-36-56(5,6)38-72-37-55(3,4)35-61-51(68)43-24-22-42(23-25-43)39(2)64-74-33-41-16-13-18-45(29-41)53(70)60-27-11-10-21-49(58-7)50(57)67/h12-20,22-25,28-30,32,49,58H,8-11,21,26-27,31,33-38H2,1-7H3,(H2,57,67)(H,59,69)(H,60,70)(H,61,68)(H,62,71)/b64-39+. The summed E-state index contributed by atoms with van der Waals surface area (Å²) in [5, 5.41) is 27.5. The minimum Gasteiger partial charge on any atom is -0.487 e. The zero-order valence-electron chi connectivity index (χ0n) is 43.9. The molecular weight excluding hydrogens is 941 g/mol. The van der Waals surface area contributed by atoms with E-state index in [2.05, 4.69) is 49.0 Å². The normalized spacial score (nSPS) is 12.1. The maximum absolute atomic E-state index is 13.2. The molecular formula is C56H74N10O8. The van der Waals surface area contributed by atoms with Crippen LogP contribution in [0.5, 0.6) is 5.75 Å². The largest absolute Gasteiger partial charge is 0.487 e. The van der Waals surface area contributed by atoms with E-state index in [4.69, 9.17) is 20.0 Å². The molecule has 0 radical (unpaired) electrons. The van der Waals surface area contributed by atoms with Crippen LogP contribution in [0.15, 0.2) is 108 Å². The number of hydrogen-bond donors (Lipinski definition) is 6. The first kappa shape index (κ1) is 57.5. The number of hydrogen-bond acceptors (Lipinski definition) is 12. The molecule has 0 saturated carbocycles. The molecule has 1 unspecified atom stereocenters. The van der Waals surface area contributed by atoms with Crippen LogP contribution in [-0.4, -0.2) is 103 Å². The van der Waals surface area contributed by atoms with Crippen molar-refractivity contribution in [3.05, 3.63) is 148 Å². The van der Waals surface area contributed by atoms with E-state index in [0.717, 1.165) is 42.4 Å². The molecule has 0 spiro atoms. The molecule has 0 aliphatic heterocycles. The molecule has 5 rings (SSSR count). The van der Waals surface area contributed by atoms with Crippen molar-refractivity contribution in [1.82, 2.24) is 41.6 Å².